The lowest BCUT2D eigenvalue weighted by Crippen LogP contribution is -2.31. The summed E-state index contributed by atoms with van der Waals surface area (Å²) in [6.45, 7) is 7.46. The molecule has 1 atom stereocenters. The van der Waals surface area contributed by atoms with Crippen molar-refractivity contribution in [2.45, 2.75) is 45.1 Å². The van der Waals surface area contributed by atoms with Crippen molar-refractivity contribution in [3.8, 4) is 5.69 Å². The lowest BCUT2D eigenvalue weighted by molar-refractivity contribution is -0.129. The van der Waals surface area contributed by atoms with E-state index in [1.807, 2.05) is 56.0 Å². The first-order valence-electron chi connectivity index (χ1n) is 12.1. The van der Waals surface area contributed by atoms with E-state index in [0.29, 0.717) is 29.6 Å². The number of anilines is 2. The van der Waals surface area contributed by atoms with Crippen LogP contribution < -0.4 is 10.6 Å². The summed E-state index contributed by atoms with van der Waals surface area (Å²) in [7, 11) is 1.67. The van der Waals surface area contributed by atoms with Crippen molar-refractivity contribution in [1.29, 1.82) is 0 Å². The van der Waals surface area contributed by atoms with Crippen molar-refractivity contribution in [1.82, 2.24) is 14.7 Å². The number of benzene rings is 2. The number of rotatable bonds is 6. The Morgan fingerprint density at radius 3 is 2.57 bits per heavy atom. The second kappa shape index (κ2) is 11.1. The number of carbonyl (C=O) groups is 2. The van der Waals surface area contributed by atoms with Crippen LogP contribution >= 0.6 is 23.2 Å². The fraction of sp³-hybridized carbons (Fsp3) is 0.370. The molecule has 2 aromatic carbocycles. The van der Waals surface area contributed by atoms with Gasteiger partial charge in [0, 0.05) is 31.7 Å². The van der Waals surface area contributed by atoms with E-state index in [9.17, 15) is 9.59 Å². The SMILES string of the molecule is COC1CCN(C(=O)Cc2cccc(-n3nc(C(C)(C)C)cc3NC(=O)Nc3cccc(Cl)c3Cl)c2)C1. The van der Waals surface area contributed by atoms with E-state index >= 15 is 0 Å². The number of hydrogen-bond acceptors (Lipinski definition) is 4. The summed E-state index contributed by atoms with van der Waals surface area (Å²) in [5.41, 5.74) is 2.53. The number of halogens is 2. The van der Waals surface area contributed by atoms with E-state index in [1.165, 1.54) is 0 Å². The molecule has 1 aliphatic heterocycles. The third-order valence-electron chi connectivity index (χ3n) is 6.26. The number of ether oxygens (including phenoxy) is 1. The first-order chi connectivity index (χ1) is 17.5. The summed E-state index contributed by atoms with van der Waals surface area (Å²) in [6.07, 6.45) is 1.22. The highest BCUT2D eigenvalue weighted by molar-refractivity contribution is 6.44. The van der Waals surface area contributed by atoms with Crippen LogP contribution in [-0.4, -0.2) is 52.9 Å². The predicted octanol–water partition coefficient (Wildman–Crippen LogP) is 5.91. The van der Waals surface area contributed by atoms with Crippen LogP contribution in [0.1, 0.15) is 38.4 Å². The fourth-order valence-corrected chi connectivity index (χ4v) is 4.48. The average molecular weight is 544 g/mol. The average Bonchev–Trinajstić information content (AvgIpc) is 3.50. The molecule has 0 radical (unpaired) electrons. The Balaban J connectivity index is 1.57. The highest BCUT2D eigenvalue weighted by atomic mass is 35.5. The van der Waals surface area contributed by atoms with E-state index in [1.54, 1.807) is 30.0 Å². The van der Waals surface area contributed by atoms with Crippen molar-refractivity contribution in [2.24, 2.45) is 0 Å². The molecule has 8 nitrogen and oxygen atoms in total. The van der Waals surface area contributed by atoms with Gasteiger partial charge in [0.2, 0.25) is 5.91 Å². The van der Waals surface area contributed by atoms with Gasteiger partial charge in [0.15, 0.2) is 0 Å². The van der Waals surface area contributed by atoms with E-state index in [-0.39, 0.29) is 28.9 Å². The first kappa shape index (κ1) is 27.0. The van der Waals surface area contributed by atoms with Crippen molar-refractivity contribution >= 4 is 46.6 Å². The van der Waals surface area contributed by atoms with Crippen LogP contribution in [0.15, 0.2) is 48.5 Å². The van der Waals surface area contributed by atoms with Crippen LogP contribution in [0.25, 0.3) is 5.69 Å². The molecule has 2 N–H and O–H groups in total. The van der Waals surface area contributed by atoms with Gasteiger partial charge >= 0.3 is 6.03 Å². The van der Waals surface area contributed by atoms with Crippen LogP contribution in [0.3, 0.4) is 0 Å². The van der Waals surface area contributed by atoms with Crippen LogP contribution in [-0.2, 0) is 21.4 Å². The first-order valence-corrected chi connectivity index (χ1v) is 12.8. The molecule has 0 spiro atoms. The maximum atomic E-state index is 12.9. The maximum absolute atomic E-state index is 12.9. The lowest BCUT2D eigenvalue weighted by atomic mass is 9.92. The second-order valence-electron chi connectivity index (χ2n) is 10.1. The number of amides is 3. The van der Waals surface area contributed by atoms with Crippen LogP contribution in [0, 0.1) is 0 Å². The summed E-state index contributed by atoms with van der Waals surface area (Å²) < 4.78 is 7.06. The summed E-state index contributed by atoms with van der Waals surface area (Å²) in [6, 6.07) is 14.0. The predicted molar refractivity (Wildman–Crippen MR) is 147 cm³/mol. The standard InChI is InChI=1S/C27H31Cl2N5O3/c1-27(2,3)22-15-23(31-26(36)30-21-10-6-9-20(28)25(21)29)34(32-22)18-8-5-7-17(13-18)14-24(35)33-12-11-19(16-33)37-4/h5-10,13,15,19H,11-12,14,16H2,1-4H3,(H2,30,31,36). The molecular formula is C27H31Cl2N5O3. The fourth-order valence-electron chi connectivity index (χ4n) is 4.14. The number of carbonyl (C=O) groups excluding carboxylic acids is 2. The van der Waals surface area contributed by atoms with Gasteiger partial charge in [-0.15, -0.1) is 0 Å². The Bertz CT molecular complexity index is 1300. The van der Waals surface area contributed by atoms with Crippen molar-refractivity contribution in [2.75, 3.05) is 30.8 Å². The number of likely N-dealkylation sites (tertiary alicyclic amines) is 1. The smallest absolute Gasteiger partial charge is 0.324 e. The normalized spacial score (nSPS) is 15.6. The van der Waals surface area contributed by atoms with Crippen LogP contribution in [0.4, 0.5) is 16.3 Å². The molecule has 1 saturated heterocycles. The van der Waals surface area contributed by atoms with Crippen LogP contribution in [0.2, 0.25) is 10.0 Å². The number of urea groups is 1. The minimum absolute atomic E-state index is 0.0590. The minimum Gasteiger partial charge on any atom is -0.380 e. The van der Waals surface area contributed by atoms with Crippen molar-refractivity contribution < 1.29 is 14.3 Å². The van der Waals surface area contributed by atoms with E-state index in [0.717, 1.165) is 23.4 Å². The zero-order valence-corrected chi connectivity index (χ0v) is 22.9. The molecule has 0 saturated carbocycles. The van der Waals surface area contributed by atoms with Crippen LogP contribution in [0.5, 0.6) is 0 Å². The summed E-state index contributed by atoms with van der Waals surface area (Å²) >= 11 is 12.3. The van der Waals surface area contributed by atoms with E-state index < -0.39 is 6.03 Å². The number of methoxy groups -OCH3 is 1. The molecule has 0 aliphatic carbocycles. The highest BCUT2D eigenvalue weighted by Gasteiger charge is 2.26. The molecular weight excluding hydrogens is 513 g/mol. The van der Waals surface area contributed by atoms with E-state index in [2.05, 4.69) is 10.6 Å². The monoisotopic (exact) mass is 543 g/mol. The molecule has 10 heteroatoms. The summed E-state index contributed by atoms with van der Waals surface area (Å²) in [4.78, 5) is 27.6. The zero-order valence-electron chi connectivity index (χ0n) is 21.3. The Morgan fingerprint density at radius 1 is 1.11 bits per heavy atom. The second-order valence-corrected chi connectivity index (χ2v) is 10.9. The number of nitrogens with zero attached hydrogens (tertiary/aromatic N) is 3. The van der Waals surface area contributed by atoms with Gasteiger partial charge in [0.25, 0.3) is 0 Å². The Hall–Kier alpha value is -3.07. The largest absolute Gasteiger partial charge is 0.380 e. The zero-order chi connectivity index (χ0) is 26.7. The Kier molecular flexibility index (Phi) is 8.11. The summed E-state index contributed by atoms with van der Waals surface area (Å²) in [5.74, 6) is 0.537. The number of hydrogen-bond donors (Lipinski definition) is 2. The Labute approximate surface area is 226 Å². The quantitative estimate of drug-likeness (QED) is 0.404. The summed E-state index contributed by atoms with van der Waals surface area (Å²) in [5, 5.41) is 11.0. The molecule has 1 unspecified atom stereocenters. The van der Waals surface area contributed by atoms with Gasteiger partial charge in [-0.1, -0.05) is 62.2 Å². The molecule has 0 bridgehead atoms. The van der Waals surface area contributed by atoms with Gasteiger partial charge in [-0.25, -0.2) is 9.48 Å². The van der Waals surface area contributed by atoms with Crippen molar-refractivity contribution in [3.05, 3.63) is 69.8 Å². The third-order valence-corrected chi connectivity index (χ3v) is 7.08. The van der Waals surface area contributed by atoms with E-state index in [4.69, 9.17) is 33.0 Å². The highest BCUT2D eigenvalue weighted by Crippen LogP contribution is 2.30. The molecule has 1 aliphatic rings. The van der Waals surface area contributed by atoms with Gasteiger partial charge in [-0.2, -0.15) is 5.10 Å². The molecule has 1 fully saturated rings. The van der Waals surface area contributed by atoms with Gasteiger partial charge in [-0.05, 0) is 36.2 Å². The molecule has 196 valence electrons. The van der Waals surface area contributed by atoms with Gasteiger partial charge < -0.3 is 15.0 Å². The van der Waals surface area contributed by atoms with Gasteiger partial charge in [0.1, 0.15) is 5.82 Å². The number of nitrogens with one attached hydrogen (secondary N) is 2. The topological polar surface area (TPSA) is 88.5 Å². The number of aromatic nitrogens is 2. The molecule has 3 aromatic rings. The Morgan fingerprint density at radius 2 is 1.86 bits per heavy atom. The maximum Gasteiger partial charge on any atom is 0.324 e. The molecule has 1 aromatic heterocycles. The van der Waals surface area contributed by atoms with Gasteiger partial charge in [0.05, 0.1) is 39.6 Å². The molecule has 2 heterocycles. The molecule has 3 amide bonds. The van der Waals surface area contributed by atoms with Crippen molar-refractivity contribution in [3.63, 3.8) is 0 Å². The van der Waals surface area contributed by atoms with Gasteiger partial charge in [-0.3, -0.25) is 10.1 Å². The molecule has 37 heavy (non-hydrogen) atoms. The lowest BCUT2D eigenvalue weighted by Gasteiger charge is -2.17. The third kappa shape index (κ3) is 6.44. The minimum atomic E-state index is -0.487. The molecule has 4 rings (SSSR count).